The smallest absolute Gasteiger partial charge is 0.235 e. The van der Waals surface area contributed by atoms with Crippen LogP contribution in [0.25, 0.3) is 0 Å². The quantitative estimate of drug-likeness (QED) is 0.796. The van der Waals surface area contributed by atoms with Gasteiger partial charge in [-0.2, -0.15) is 0 Å². The fourth-order valence-electron chi connectivity index (χ4n) is 1.98. The Hall–Kier alpha value is -1.23. The molecule has 0 bridgehead atoms. The highest BCUT2D eigenvalue weighted by Gasteiger charge is 2.28. The highest BCUT2D eigenvalue weighted by molar-refractivity contribution is 7.93. The van der Waals surface area contributed by atoms with Crippen LogP contribution in [0.4, 0.5) is 5.69 Å². The molecule has 2 rings (SSSR count). The molecule has 0 atom stereocenters. The minimum absolute atomic E-state index is 0.129. The van der Waals surface area contributed by atoms with Crippen LogP contribution in [0.2, 0.25) is 0 Å². The molecule has 0 heterocycles. The zero-order valence-electron chi connectivity index (χ0n) is 8.89. The molecule has 0 saturated heterocycles. The van der Waals surface area contributed by atoms with Crippen LogP contribution in [-0.4, -0.2) is 18.8 Å². The summed E-state index contributed by atoms with van der Waals surface area (Å²) in [5.41, 5.74) is 0.504. The molecule has 1 aromatic carbocycles. The Bertz CT molecular complexity index is 447. The van der Waals surface area contributed by atoms with Crippen molar-refractivity contribution in [2.24, 2.45) is 0 Å². The van der Waals surface area contributed by atoms with Gasteiger partial charge in [0.2, 0.25) is 10.0 Å². The Labute approximate surface area is 95.4 Å². The molecule has 0 radical (unpaired) electrons. The summed E-state index contributed by atoms with van der Waals surface area (Å²) in [5, 5.41) is 8.83. The van der Waals surface area contributed by atoms with Gasteiger partial charge < -0.3 is 5.11 Å². The second kappa shape index (κ2) is 4.33. The maximum absolute atomic E-state index is 11.9. The summed E-state index contributed by atoms with van der Waals surface area (Å²) in [7, 11) is -3.26. The predicted octanol–water partition coefficient (Wildman–Crippen LogP) is 2.08. The minimum atomic E-state index is -3.26. The summed E-state index contributed by atoms with van der Waals surface area (Å²) < 4.78 is 26.4. The lowest BCUT2D eigenvalue weighted by molar-refractivity contribution is 0.475. The Morgan fingerprint density at radius 3 is 2.25 bits per heavy atom. The van der Waals surface area contributed by atoms with Crippen molar-refractivity contribution in [3.63, 3.8) is 0 Å². The van der Waals surface area contributed by atoms with E-state index in [9.17, 15) is 8.42 Å². The van der Waals surface area contributed by atoms with Gasteiger partial charge in [-0.3, -0.25) is 4.72 Å². The Morgan fingerprint density at radius 1 is 1.12 bits per heavy atom. The molecule has 1 fully saturated rings. The van der Waals surface area contributed by atoms with Gasteiger partial charge in [-0.05, 0) is 37.1 Å². The molecule has 0 spiro atoms. The molecule has 4 nitrogen and oxygen atoms in total. The zero-order valence-corrected chi connectivity index (χ0v) is 9.70. The number of rotatable bonds is 3. The largest absolute Gasteiger partial charge is 0.508 e. The third kappa shape index (κ3) is 2.47. The first-order chi connectivity index (χ1) is 7.58. The summed E-state index contributed by atoms with van der Waals surface area (Å²) in [6, 6.07) is 6.04. The first-order valence-corrected chi connectivity index (χ1v) is 6.93. The summed E-state index contributed by atoms with van der Waals surface area (Å²) in [5.74, 6) is 0.129. The SMILES string of the molecule is O=S(=O)(Nc1ccc(O)cc1)C1CCCC1. The number of hydrogen-bond donors (Lipinski definition) is 2. The van der Waals surface area contributed by atoms with E-state index >= 15 is 0 Å². The number of hydrogen-bond acceptors (Lipinski definition) is 3. The molecule has 16 heavy (non-hydrogen) atoms. The van der Waals surface area contributed by atoms with Gasteiger partial charge in [0.1, 0.15) is 5.75 Å². The van der Waals surface area contributed by atoms with Crippen LogP contribution in [0, 0.1) is 0 Å². The fourth-order valence-corrected chi connectivity index (χ4v) is 3.56. The van der Waals surface area contributed by atoms with Crippen molar-refractivity contribution in [3.05, 3.63) is 24.3 Å². The molecule has 0 amide bonds. The van der Waals surface area contributed by atoms with Gasteiger partial charge in [-0.1, -0.05) is 12.8 Å². The monoisotopic (exact) mass is 241 g/mol. The lowest BCUT2D eigenvalue weighted by Gasteiger charge is -2.13. The van der Waals surface area contributed by atoms with Crippen LogP contribution in [0.5, 0.6) is 5.75 Å². The number of phenolic OH excluding ortho intramolecular Hbond substituents is 1. The average Bonchev–Trinajstić information content (AvgIpc) is 2.75. The van der Waals surface area contributed by atoms with E-state index in [1.807, 2.05) is 0 Å². The summed E-state index contributed by atoms with van der Waals surface area (Å²) >= 11 is 0. The second-order valence-electron chi connectivity index (χ2n) is 4.10. The number of anilines is 1. The Balaban J connectivity index is 2.11. The number of sulfonamides is 1. The van der Waals surface area contributed by atoms with E-state index in [-0.39, 0.29) is 11.0 Å². The summed E-state index contributed by atoms with van der Waals surface area (Å²) in [6.07, 6.45) is 3.46. The van der Waals surface area contributed by atoms with Crippen molar-refractivity contribution in [2.75, 3.05) is 4.72 Å². The van der Waals surface area contributed by atoms with E-state index in [1.54, 1.807) is 12.1 Å². The molecule has 88 valence electrons. The second-order valence-corrected chi connectivity index (χ2v) is 6.06. The topological polar surface area (TPSA) is 66.4 Å². The Kier molecular flexibility index (Phi) is 3.05. The highest BCUT2D eigenvalue weighted by Crippen LogP contribution is 2.26. The maximum atomic E-state index is 11.9. The van der Waals surface area contributed by atoms with Crippen LogP contribution < -0.4 is 4.72 Å². The van der Waals surface area contributed by atoms with Crippen LogP contribution in [0.3, 0.4) is 0 Å². The van der Waals surface area contributed by atoms with Crippen molar-refractivity contribution < 1.29 is 13.5 Å². The van der Waals surface area contributed by atoms with Crippen LogP contribution in [0.1, 0.15) is 25.7 Å². The maximum Gasteiger partial charge on any atom is 0.235 e. The van der Waals surface area contributed by atoms with Crippen LogP contribution in [-0.2, 0) is 10.0 Å². The van der Waals surface area contributed by atoms with E-state index < -0.39 is 10.0 Å². The number of aromatic hydroxyl groups is 1. The fraction of sp³-hybridized carbons (Fsp3) is 0.455. The Morgan fingerprint density at radius 2 is 1.69 bits per heavy atom. The van der Waals surface area contributed by atoms with Crippen molar-refractivity contribution >= 4 is 15.7 Å². The number of nitrogens with one attached hydrogen (secondary N) is 1. The predicted molar refractivity (Wildman–Crippen MR) is 62.9 cm³/mol. The molecular formula is C11H15NO3S. The van der Waals surface area contributed by atoms with E-state index in [0.717, 1.165) is 25.7 Å². The molecule has 0 unspecified atom stereocenters. The zero-order chi connectivity index (χ0) is 11.6. The van der Waals surface area contributed by atoms with Gasteiger partial charge in [-0.15, -0.1) is 0 Å². The molecule has 1 aliphatic carbocycles. The van der Waals surface area contributed by atoms with Crippen LogP contribution in [0.15, 0.2) is 24.3 Å². The van der Waals surface area contributed by atoms with Gasteiger partial charge in [0.25, 0.3) is 0 Å². The van der Waals surface area contributed by atoms with Gasteiger partial charge >= 0.3 is 0 Å². The lowest BCUT2D eigenvalue weighted by Crippen LogP contribution is -2.25. The molecular weight excluding hydrogens is 226 g/mol. The third-order valence-corrected chi connectivity index (χ3v) is 4.74. The normalized spacial score (nSPS) is 17.5. The summed E-state index contributed by atoms with van der Waals surface area (Å²) in [4.78, 5) is 0. The highest BCUT2D eigenvalue weighted by atomic mass is 32.2. The van der Waals surface area contributed by atoms with Crippen molar-refractivity contribution in [2.45, 2.75) is 30.9 Å². The summed E-state index contributed by atoms with van der Waals surface area (Å²) in [6.45, 7) is 0. The lowest BCUT2D eigenvalue weighted by atomic mass is 10.3. The minimum Gasteiger partial charge on any atom is -0.508 e. The molecule has 5 heteroatoms. The number of benzene rings is 1. The average molecular weight is 241 g/mol. The van der Waals surface area contributed by atoms with E-state index in [1.165, 1.54) is 12.1 Å². The van der Waals surface area contributed by atoms with Gasteiger partial charge in [0, 0.05) is 5.69 Å². The molecule has 0 aliphatic heterocycles. The van der Waals surface area contributed by atoms with E-state index in [4.69, 9.17) is 5.11 Å². The van der Waals surface area contributed by atoms with Gasteiger partial charge in [0.05, 0.1) is 5.25 Å². The molecule has 0 aromatic heterocycles. The van der Waals surface area contributed by atoms with E-state index in [2.05, 4.69) is 4.72 Å². The molecule has 1 aliphatic rings. The van der Waals surface area contributed by atoms with Crippen molar-refractivity contribution in [3.8, 4) is 5.75 Å². The molecule has 2 N–H and O–H groups in total. The molecule has 1 aromatic rings. The standard InChI is InChI=1S/C11H15NO3S/c13-10-7-5-9(6-8-10)12-16(14,15)11-3-1-2-4-11/h5-8,11-13H,1-4H2. The molecule has 1 saturated carbocycles. The first-order valence-electron chi connectivity index (χ1n) is 5.38. The first kappa shape index (κ1) is 11.3. The van der Waals surface area contributed by atoms with E-state index in [0.29, 0.717) is 5.69 Å². The van der Waals surface area contributed by atoms with Crippen LogP contribution >= 0.6 is 0 Å². The van der Waals surface area contributed by atoms with Gasteiger partial charge in [0.15, 0.2) is 0 Å². The van der Waals surface area contributed by atoms with Crippen molar-refractivity contribution in [1.29, 1.82) is 0 Å². The number of phenols is 1. The third-order valence-electron chi connectivity index (χ3n) is 2.87. The van der Waals surface area contributed by atoms with Crippen molar-refractivity contribution in [1.82, 2.24) is 0 Å². The van der Waals surface area contributed by atoms with Gasteiger partial charge in [-0.25, -0.2) is 8.42 Å².